The van der Waals surface area contributed by atoms with Gasteiger partial charge in [-0.15, -0.1) is 0 Å². The van der Waals surface area contributed by atoms with E-state index in [0.29, 0.717) is 19.6 Å². The van der Waals surface area contributed by atoms with Crippen LogP contribution in [0.4, 0.5) is 0 Å². The van der Waals surface area contributed by atoms with E-state index in [1.165, 1.54) is 5.56 Å². The Labute approximate surface area is 206 Å². The van der Waals surface area contributed by atoms with E-state index < -0.39 is 22.0 Å². The van der Waals surface area contributed by atoms with E-state index in [2.05, 4.69) is 17.1 Å². The monoisotopic (exact) mass is 500 g/mol. The molecule has 0 aliphatic carbocycles. The van der Waals surface area contributed by atoms with Gasteiger partial charge in [0.1, 0.15) is 11.9 Å². The van der Waals surface area contributed by atoms with Gasteiger partial charge in [-0.2, -0.15) is 8.42 Å². The van der Waals surface area contributed by atoms with Gasteiger partial charge in [0, 0.05) is 18.8 Å². The average molecular weight is 501 g/mol. The third-order valence-electron chi connectivity index (χ3n) is 5.87. The third kappa shape index (κ3) is 6.91. The maximum Gasteiger partial charge on any atom is 0.297 e. The molecule has 1 saturated heterocycles. The van der Waals surface area contributed by atoms with Gasteiger partial charge in [-0.1, -0.05) is 29.8 Å². The summed E-state index contributed by atoms with van der Waals surface area (Å²) in [5, 5.41) is 0. The van der Waals surface area contributed by atoms with E-state index in [-0.39, 0.29) is 18.1 Å². The van der Waals surface area contributed by atoms with Crippen molar-refractivity contribution in [2.75, 3.05) is 19.8 Å². The van der Waals surface area contributed by atoms with Gasteiger partial charge in [0.05, 0.1) is 37.6 Å². The molecule has 0 spiro atoms. The largest absolute Gasteiger partial charge is 0.494 e. The van der Waals surface area contributed by atoms with Crippen LogP contribution in [0.1, 0.15) is 30.9 Å². The highest BCUT2D eigenvalue weighted by Gasteiger charge is 2.42. The van der Waals surface area contributed by atoms with Crippen molar-refractivity contribution in [3.63, 3.8) is 0 Å². The summed E-state index contributed by atoms with van der Waals surface area (Å²) in [6.07, 6.45) is 7.10. The van der Waals surface area contributed by atoms with Gasteiger partial charge < -0.3 is 18.8 Å². The van der Waals surface area contributed by atoms with Crippen molar-refractivity contribution in [3.05, 3.63) is 78.4 Å². The summed E-state index contributed by atoms with van der Waals surface area (Å²) in [6.45, 7) is 5.10. The molecule has 1 fully saturated rings. The van der Waals surface area contributed by atoms with E-state index in [1.807, 2.05) is 36.7 Å². The van der Waals surface area contributed by atoms with E-state index in [0.717, 1.165) is 24.2 Å². The molecule has 0 bridgehead atoms. The first-order valence-corrected chi connectivity index (χ1v) is 13.2. The van der Waals surface area contributed by atoms with Crippen molar-refractivity contribution in [1.29, 1.82) is 0 Å². The minimum absolute atomic E-state index is 0.110. The maximum atomic E-state index is 12.6. The van der Waals surface area contributed by atoms with Crippen LogP contribution < -0.4 is 4.74 Å². The van der Waals surface area contributed by atoms with Crippen molar-refractivity contribution in [1.82, 2.24) is 9.55 Å². The van der Waals surface area contributed by atoms with Gasteiger partial charge in [0.15, 0.2) is 5.79 Å². The Morgan fingerprint density at radius 2 is 1.91 bits per heavy atom. The van der Waals surface area contributed by atoms with Crippen LogP contribution in [0.2, 0.25) is 0 Å². The van der Waals surface area contributed by atoms with Gasteiger partial charge in [-0.25, -0.2) is 4.98 Å². The zero-order valence-corrected chi connectivity index (χ0v) is 20.9. The standard InChI is InChI=1S/C26H32N2O6S/c1-3-31-23-10-8-22(9-11-23)5-4-14-26(19-28-16-15-27-20-28)32-17-24(34-26)18-33-35(29,30)25-12-6-21(2)7-13-25/h6-13,15-16,20,24H,3-5,14,17-19H2,1-2H3/t24-,26-/m0/s1. The fraction of sp³-hybridized carbons (Fsp3) is 0.423. The minimum atomic E-state index is -3.87. The fourth-order valence-corrected chi connectivity index (χ4v) is 5.01. The Kier molecular flexibility index (Phi) is 8.22. The van der Waals surface area contributed by atoms with E-state index in [4.69, 9.17) is 18.4 Å². The fourth-order valence-electron chi connectivity index (χ4n) is 4.07. The lowest BCUT2D eigenvalue weighted by Crippen LogP contribution is -2.37. The molecule has 0 radical (unpaired) electrons. The SMILES string of the molecule is CCOc1ccc(CCC[C@]2(Cn3ccnc3)OC[C@@H](COS(=O)(=O)c3ccc(C)cc3)O2)cc1. The normalized spacial score (nSPS) is 20.2. The van der Waals surface area contributed by atoms with Crippen LogP contribution >= 0.6 is 0 Å². The molecule has 0 N–H and O–H groups in total. The van der Waals surface area contributed by atoms with Crippen LogP contribution in [-0.2, 0) is 36.7 Å². The first-order chi connectivity index (χ1) is 16.9. The lowest BCUT2D eigenvalue weighted by atomic mass is 10.0. The molecule has 3 aromatic rings. The maximum absolute atomic E-state index is 12.6. The number of aryl methyl sites for hydroxylation is 2. The van der Waals surface area contributed by atoms with Crippen molar-refractivity contribution in [3.8, 4) is 5.75 Å². The molecule has 0 amide bonds. The summed E-state index contributed by atoms with van der Waals surface area (Å²) in [5.41, 5.74) is 2.18. The minimum Gasteiger partial charge on any atom is -0.494 e. The quantitative estimate of drug-likeness (QED) is 0.346. The predicted molar refractivity (Wildman–Crippen MR) is 131 cm³/mol. The summed E-state index contributed by atoms with van der Waals surface area (Å²) >= 11 is 0. The highest BCUT2D eigenvalue weighted by atomic mass is 32.2. The molecule has 1 aromatic heterocycles. The number of hydrogen-bond acceptors (Lipinski definition) is 7. The van der Waals surface area contributed by atoms with Crippen LogP contribution in [0.15, 0.2) is 72.1 Å². The Balaban J connectivity index is 1.36. The van der Waals surface area contributed by atoms with Crippen molar-refractivity contribution < 1.29 is 26.8 Å². The first-order valence-electron chi connectivity index (χ1n) is 11.8. The second kappa shape index (κ2) is 11.3. The van der Waals surface area contributed by atoms with Crippen LogP contribution in [0, 0.1) is 6.92 Å². The number of ether oxygens (including phenoxy) is 3. The van der Waals surface area contributed by atoms with E-state index >= 15 is 0 Å². The molecular formula is C26H32N2O6S. The van der Waals surface area contributed by atoms with Crippen LogP contribution in [0.5, 0.6) is 5.75 Å². The summed E-state index contributed by atoms with van der Waals surface area (Å²) in [7, 11) is -3.87. The van der Waals surface area contributed by atoms with Gasteiger partial charge >= 0.3 is 0 Å². The van der Waals surface area contributed by atoms with E-state index in [9.17, 15) is 8.42 Å². The summed E-state index contributed by atoms with van der Waals surface area (Å²) in [4.78, 5) is 4.24. The predicted octanol–water partition coefficient (Wildman–Crippen LogP) is 4.13. The van der Waals surface area contributed by atoms with Gasteiger partial charge in [0.2, 0.25) is 0 Å². The van der Waals surface area contributed by atoms with Crippen LogP contribution in [0.25, 0.3) is 0 Å². The van der Waals surface area contributed by atoms with Gasteiger partial charge in [-0.05, 0) is 56.5 Å². The number of rotatable bonds is 12. The van der Waals surface area contributed by atoms with Crippen molar-refractivity contribution in [2.24, 2.45) is 0 Å². The summed E-state index contributed by atoms with van der Waals surface area (Å²) in [6, 6.07) is 14.7. The van der Waals surface area contributed by atoms with Crippen LogP contribution in [0.3, 0.4) is 0 Å². The number of imidazole rings is 1. The summed E-state index contributed by atoms with van der Waals surface area (Å²) < 4.78 is 50.3. The lowest BCUT2D eigenvalue weighted by molar-refractivity contribution is -0.185. The zero-order valence-electron chi connectivity index (χ0n) is 20.1. The number of hydrogen-bond donors (Lipinski definition) is 0. The Hall–Kier alpha value is -2.72. The zero-order chi connectivity index (χ0) is 24.7. The topological polar surface area (TPSA) is 88.9 Å². The second-order valence-corrected chi connectivity index (χ2v) is 10.3. The smallest absolute Gasteiger partial charge is 0.297 e. The van der Waals surface area contributed by atoms with E-state index in [1.54, 1.807) is 36.8 Å². The van der Waals surface area contributed by atoms with Crippen molar-refractivity contribution >= 4 is 10.1 Å². The second-order valence-electron chi connectivity index (χ2n) is 8.68. The molecule has 35 heavy (non-hydrogen) atoms. The van der Waals surface area contributed by atoms with Gasteiger partial charge in [-0.3, -0.25) is 4.18 Å². The molecule has 9 heteroatoms. The highest BCUT2D eigenvalue weighted by Crippen LogP contribution is 2.32. The molecule has 2 aromatic carbocycles. The highest BCUT2D eigenvalue weighted by molar-refractivity contribution is 7.86. The number of benzene rings is 2. The molecule has 2 heterocycles. The van der Waals surface area contributed by atoms with Crippen LogP contribution in [-0.4, -0.2) is 49.7 Å². The Bertz CT molecular complexity index is 1160. The molecule has 0 saturated carbocycles. The molecule has 1 aliphatic heterocycles. The van der Waals surface area contributed by atoms with Gasteiger partial charge in [0.25, 0.3) is 10.1 Å². The Morgan fingerprint density at radius 3 is 2.60 bits per heavy atom. The average Bonchev–Trinajstić information content (AvgIpc) is 3.50. The Morgan fingerprint density at radius 1 is 1.14 bits per heavy atom. The van der Waals surface area contributed by atoms with Crippen molar-refractivity contribution in [2.45, 2.75) is 56.4 Å². The molecule has 4 rings (SSSR count). The summed E-state index contributed by atoms with van der Waals surface area (Å²) in [5.74, 6) is -0.0214. The number of aromatic nitrogens is 2. The molecule has 0 unspecified atom stereocenters. The number of nitrogens with zero attached hydrogens (tertiary/aromatic N) is 2. The third-order valence-corrected chi connectivity index (χ3v) is 7.17. The lowest BCUT2D eigenvalue weighted by Gasteiger charge is -2.28. The molecule has 1 aliphatic rings. The molecule has 8 nitrogen and oxygen atoms in total. The molecular weight excluding hydrogens is 468 g/mol. The molecule has 2 atom stereocenters. The first kappa shape index (κ1) is 25.4. The molecule has 188 valence electrons.